The molecule has 0 bridgehead atoms. The highest BCUT2D eigenvalue weighted by atomic mass is 79.9. The van der Waals surface area contributed by atoms with Gasteiger partial charge in [-0.2, -0.15) is 0 Å². The molecular weight excluding hydrogens is 351 g/mol. The molecule has 8 heteroatoms. The number of anilines is 2. The molecule has 2 aromatic rings. The van der Waals surface area contributed by atoms with E-state index in [1.54, 1.807) is 0 Å². The van der Waals surface area contributed by atoms with Crippen LogP contribution in [-0.4, -0.2) is 13.5 Å². The van der Waals surface area contributed by atoms with Crippen molar-refractivity contribution < 1.29 is 17.9 Å². The third-order valence-electron chi connectivity index (χ3n) is 2.48. The first kappa shape index (κ1) is 14.6. The van der Waals surface area contributed by atoms with Crippen LogP contribution in [0.3, 0.4) is 0 Å². The summed E-state index contributed by atoms with van der Waals surface area (Å²) in [5.74, 6) is -0.699. The Balaban J connectivity index is 2.35. The first-order valence-corrected chi connectivity index (χ1v) is 7.63. The average Bonchev–Trinajstić information content (AvgIpc) is 2.37. The van der Waals surface area contributed by atoms with Crippen molar-refractivity contribution in [1.29, 1.82) is 0 Å². The number of hydrogen-bond acceptors (Lipinski definition) is 4. The smallest absolute Gasteiger partial charge is 0.261 e. The van der Waals surface area contributed by atoms with E-state index in [-0.39, 0.29) is 26.5 Å². The van der Waals surface area contributed by atoms with Gasteiger partial charge in [-0.05, 0) is 52.3 Å². The number of benzene rings is 2. The van der Waals surface area contributed by atoms with Crippen LogP contribution in [0.5, 0.6) is 5.75 Å². The van der Waals surface area contributed by atoms with E-state index in [0.717, 1.165) is 12.1 Å². The van der Waals surface area contributed by atoms with Crippen molar-refractivity contribution in [2.75, 3.05) is 10.5 Å². The summed E-state index contributed by atoms with van der Waals surface area (Å²) in [5.41, 5.74) is 5.61. The maximum atomic E-state index is 13.1. The Hall–Kier alpha value is -1.80. The number of rotatable bonds is 3. The predicted octanol–water partition coefficient (Wildman–Crippen LogP) is 2.68. The van der Waals surface area contributed by atoms with Gasteiger partial charge in [0, 0.05) is 0 Å². The number of sulfonamides is 1. The predicted molar refractivity (Wildman–Crippen MR) is 77.4 cm³/mol. The zero-order chi connectivity index (χ0) is 14.9. The number of nitrogen functional groups attached to an aromatic ring is 1. The fourth-order valence-corrected chi connectivity index (χ4v) is 2.94. The van der Waals surface area contributed by atoms with Crippen LogP contribution in [-0.2, 0) is 10.0 Å². The maximum Gasteiger partial charge on any atom is 0.261 e. The number of nitrogens with one attached hydrogen (secondary N) is 1. The van der Waals surface area contributed by atoms with Crippen molar-refractivity contribution in [1.82, 2.24) is 0 Å². The van der Waals surface area contributed by atoms with E-state index in [1.807, 2.05) is 0 Å². The minimum atomic E-state index is -3.87. The molecule has 2 rings (SSSR count). The van der Waals surface area contributed by atoms with E-state index < -0.39 is 15.8 Å². The van der Waals surface area contributed by atoms with Gasteiger partial charge >= 0.3 is 0 Å². The van der Waals surface area contributed by atoms with E-state index in [4.69, 9.17) is 5.73 Å². The molecule has 20 heavy (non-hydrogen) atoms. The Kier molecular flexibility index (Phi) is 3.87. The lowest BCUT2D eigenvalue weighted by atomic mass is 10.3. The van der Waals surface area contributed by atoms with Crippen LogP contribution in [0.25, 0.3) is 0 Å². The largest absolute Gasteiger partial charge is 0.506 e. The first-order chi connectivity index (χ1) is 9.29. The van der Waals surface area contributed by atoms with Crippen molar-refractivity contribution in [3.63, 3.8) is 0 Å². The van der Waals surface area contributed by atoms with E-state index in [2.05, 4.69) is 20.7 Å². The van der Waals surface area contributed by atoms with Crippen LogP contribution in [0, 0.1) is 5.82 Å². The molecule has 5 nitrogen and oxygen atoms in total. The molecule has 0 unspecified atom stereocenters. The molecule has 0 saturated carbocycles. The zero-order valence-electron chi connectivity index (χ0n) is 9.97. The van der Waals surface area contributed by atoms with Gasteiger partial charge in [0.05, 0.1) is 20.7 Å². The van der Waals surface area contributed by atoms with Crippen LogP contribution < -0.4 is 10.5 Å². The molecule has 106 valence electrons. The summed E-state index contributed by atoms with van der Waals surface area (Å²) in [7, 11) is -3.87. The summed E-state index contributed by atoms with van der Waals surface area (Å²) >= 11 is 2.97. The van der Waals surface area contributed by atoms with E-state index >= 15 is 0 Å². The fraction of sp³-hybridized carbons (Fsp3) is 0. The van der Waals surface area contributed by atoms with Gasteiger partial charge in [0.1, 0.15) is 11.6 Å². The SMILES string of the molecule is Nc1cc(S(=O)(=O)Nc2ccc(F)c(Br)c2)ccc1O. The second-order valence-electron chi connectivity index (χ2n) is 3.96. The van der Waals surface area contributed by atoms with Crippen LogP contribution >= 0.6 is 15.9 Å². The number of phenolic OH excluding ortho intramolecular Hbond substituents is 1. The molecule has 0 spiro atoms. The summed E-state index contributed by atoms with van der Waals surface area (Å²) in [6.45, 7) is 0. The minimum absolute atomic E-state index is 0.0480. The molecule has 0 aromatic heterocycles. The molecule has 4 N–H and O–H groups in total. The summed E-state index contributed by atoms with van der Waals surface area (Å²) < 4.78 is 39.7. The average molecular weight is 361 g/mol. The Morgan fingerprint density at radius 2 is 1.90 bits per heavy atom. The molecule has 0 atom stereocenters. The van der Waals surface area contributed by atoms with Gasteiger partial charge in [0.25, 0.3) is 10.0 Å². The Bertz CT molecular complexity index is 765. The second-order valence-corrected chi connectivity index (χ2v) is 6.49. The summed E-state index contributed by atoms with van der Waals surface area (Å²) in [5, 5.41) is 9.28. The first-order valence-electron chi connectivity index (χ1n) is 5.36. The molecule has 0 fully saturated rings. The zero-order valence-corrected chi connectivity index (χ0v) is 12.4. The molecule has 0 aliphatic heterocycles. The third-order valence-corrected chi connectivity index (χ3v) is 4.47. The Labute approximate surface area is 123 Å². The Morgan fingerprint density at radius 1 is 1.20 bits per heavy atom. The molecule has 0 aliphatic rings. The van der Waals surface area contributed by atoms with Crippen LogP contribution in [0.2, 0.25) is 0 Å². The molecule has 0 aliphatic carbocycles. The van der Waals surface area contributed by atoms with E-state index in [1.165, 1.54) is 24.3 Å². The van der Waals surface area contributed by atoms with Crippen molar-refractivity contribution >= 4 is 37.3 Å². The normalized spacial score (nSPS) is 11.3. The third kappa shape index (κ3) is 3.02. The van der Waals surface area contributed by atoms with Crippen molar-refractivity contribution in [3.8, 4) is 5.75 Å². The number of phenols is 1. The summed E-state index contributed by atoms with van der Waals surface area (Å²) in [6.07, 6.45) is 0. The van der Waals surface area contributed by atoms with Gasteiger partial charge in [-0.15, -0.1) is 0 Å². The highest BCUT2D eigenvalue weighted by molar-refractivity contribution is 9.10. The van der Waals surface area contributed by atoms with Gasteiger partial charge in [0.15, 0.2) is 0 Å². The van der Waals surface area contributed by atoms with Crippen molar-refractivity contribution in [2.45, 2.75) is 4.90 Å². The lowest BCUT2D eigenvalue weighted by molar-refractivity contribution is 0.477. The molecule has 0 saturated heterocycles. The number of hydrogen-bond donors (Lipinski definition) is 3. The second kappa shape index (κ2) is 5.29. The van der Waals surface area contributed by atoms with Crippen molar-refractivity contribution in [3.05, 3.63) is 46.7 Å². The highest BCUT2D eigenvalue weighted by Crippen LogP contribution is 2.26. The van der Waals surface area contributed by atoms with Gasteiger partial charge in [-0.25, -0.2) is 12.8 Å². The maximum absolute atomic E-state index is 13.1. The van der Waals surface area contributed by atoms with Gasteiger partial charge in [0.2, 0.25) is 0 Å². The number of halogens is 2. The lowest BCUT2D eigenvalue weighted by Crippen LogP contribution is -2.13. The fourth-order valence-electron chi connectivity index (χ4n) is 1.47. The van der Waals surface area contributed by atoms with E-state index in [9.17, 15) is 17.9 Å². The topological polar surface area (TPSA) is 92.4 Å². The number of aromatic hydroxyl groups is 1. The lowest BCUT2D eigenvalue weighted by Gasteiger charge is -2.09. The molecule has 0 heterocycles. The van der Waals surface area contributed by atoms with Gasteiger partial charge in [-0.3, -0.25) is 4.72 Å². The summed E-state index contributed by atoms with van der Waals surface area (Å²) in [4.78, 5) is -0.103. The monoisotopic (exact) mass is 360 g/mol. The minimum Gasteiger partial charge on any atom is -0.506 e. The quantitative estimate of drug-likeness (QED) is 0.579. The van der Waals surface area contributed by atoms with E-state index in [0.29, 0.717) is 0 Å². The highest BCUT2D eigenvalue weighted by Gasteiger charge is 2.16. The summed E-state index contributed by atoms with van der Waals surface area (Å²) in [6, 6.07) is 7.26. The van der Waals surface area contributed by atoms with Crippen molar-refractivity contribution in [2.24, 2.45) is 0 Å². The Morgan fingerprint density at radius 3 is 2.50 bits per heavy atom. The van der Waals surface area contributed by atoms with Crippen LogP contribution in [0.4, 0.5) is 15.8 Å². The number of nitrogens with two attached hydrogens (primary N) is 1. The van der Waals surface area contributed by atoms with Gasteiger partial charge in [-0.1, -0.05) is 0 Å². The molecule has 0 radical (unpaired) electrons. The van der Waals surface area contributed by atoms with Gasteiger partial charge < -0.3 is 10.8 Å². The van der Waals surface area contributed by atoms with Crippen LogP contribution in [0.1, 0.15) is 0 Å². The molecule has 0 amide bonds. The molecule has 2 aromatic carbocycles. The molecular formula is C12H10BrFN2O3S. The standard InChI is InChI=1S/C12H10BrFN2O3S/c13-9-5-7(1-3-10(9)14)16-20(18,19)8-2-4-12(17)11(15)6-8/h1-6,16-17H,15H2. The van der Waals surface area contributed by atoms with Crippen LogP contribution in [0.15, 0.2) is 45.8 Å².